The topological polar surface area (TPSA) is 75.9 Å². The molecule has 1 aliphatic rings. The van der Waals surface area contributed by atoms with E-state index in [-0.39, 0.29) is 23.7 Å². The number of carbonyl (C=O) groups excluding carboxylic acids is 1. The molecule has 0 unspecified atom stereocenters. The number of nitrogens with zero attached hydrogens (tertiary/aromatic N) is 5. The van der Waals surface area contributed by atoms with Gasteiger partial charge in [0.2, 0.25) is 0 Å². The number of nitrogens with one attached hydrogen (secondary N) is 1. The Kier molecular flexibility index (Phi) is 6.51. The van der Waals surface area contributed by atoms with Crippen molar-refractivity contribution in [2.75, 3.05) is 19.6 Å². The lowest BCUT2D eigenvalue weighted by molar-refractivity contribution is 0.0571. The van der Waals surface area contributed by atoms with Gasteiger partial charge in [-0.2, -0.15) is 4.68 Å². The third-order valence-corrected chi connectivity index (χ3v) is 5.69. The van der Waals surface area contributed by atoms with Crippen LogP contribution in [0.4, 0.5) is 8.78 Å². The molecule has 9 heteroatoms. The van der Waals surface area contributed by atoms with Gasteiger partial charge in [0, 0.05) is 42.7 Å². The molecule has 2 heterocycles. The van der Waals surface area contributed by atoms with E-state index >= 15 is 0 Å². The van der Waals surface area contributed by atoms with Gasteiger partial charge in [0.1, 0.15) is 12.0 Å². The van der Waals surface area contributed by atoms with Crippen molar-refractivity contribution in [3.05, 3.63) is 59.2 Å². The highest BCUT2D eigenvalue weighted by Gasteiger charge is 2.27. The van der Waals surface area contributed by atoms with Crippen LogP contribution in [0.2, 0.25) is 0 Å². The summed E-state index contributed by atoms with van der Waals surface area (Å²) in [5.41, 5.74) is 2.69. The molecule has 4 rings (SSSR count). The van der Waals surface area contributed by atoms with E-state index < -0.39 is 6.17 Å². The van der Waals surface area contributed by atoms with Crippen LogP contribution >= 0.6 is 0 Å². The second-order valence-corrected chi connectivity index (χ2v) is 9.05. The Morgan fingerprint density at radius 1 is 1.18 bits per heavy atom. The standard InChI is InChI=1S/C24H28F2N6O/c1-14(2)23-28-29-30-32(23)20-9-17(21-6-5-15(3)7-22(21)26)8-18(10-20)24(33)27-16(4)11-31-12-19(25)13-31/h5-10,14,16,19H,11-13H2,1-4H3,(H,27,33)/t16-/m1/s1. The normalized spacial score (nSPS) is 15.5. The number of carbonyl (C=O) groups is 1. The smallest absolute Gasteiger partial charge is 0.251 e. The first-order valence-corrected chi connectivity index (χ1v) is 11.1. The molecule has 3 aromatic rings. The van der Waals surface area contributed by atoms with Gasteiger partial charge in [-0.25, -0.2) is 8.78 Å². The molecule has 1 amide bonds. The number of aryl methyl sites for hydroxylation is 1. The van der Waals surface area contributed by atoms with E-state index in [1.54, 1.807) is 28.9 Å². The van der Waals surface area contributed by atoms with E-state index in [2.05, 4.69) is 20.8 Å². The highest BCUT2D eigenvalue weighted by Crippen LogP contribution is 2.28. The lowest BCUT2D eigenvalue weighted by Crippen LogP contribution is -2.53. The van der Waals surface area contributed by atoms with Crippen molar-refractivity contribution >= 4 is 5.91 Å². The van der Waals surface area contributed by atoms with Crippen LogP contribution in [0.5, 0.6) is 0 Å². The number of halogens is 2. The number of benzene rings is 2. The fourth-order valence-corrected chi connectivity index (χ4v) is 4.01. The fraction of sp³-hybridized carbons (Fsp3) is 0.417. The average molecular weight is 455 g/mol. The molecular weight excluding hydrogens is 426 g/mol. The van der Waals surface area contributed by atoms with Crippen LogP contribution in [0.3, 0.4) is 0 Å². The van der Waals surface area contributed by atoms with Crippen molar-refractivity contribution in [1.29, 1.82) is 0 Å². The molecule has 1 aliphatic heterocycles. The number of alkyl halides is 1. The van der Waals surface area contributed by atoms with Crippen LogP contribution in [0, 0.1) is 12.7 Å². The SMILES string of the molecule is Cc1ccc(-c2cc(C(=O)N[C@H](C)CN3CC(F)C3)cc(-n3nnnc3C(C)C)c2)c(F)c1. The van der Waals surface area contributed by atoms with Crippen LogP contribution in [-0.2, 0) is 0 Å². The van der Waals surface area contributed by atoms with E-state index in [0.29, 0.717) is 47.8 Å². The van der Waals surface area contributed by atoms with Crippen LogP contribution in [0.1, 0.15) is 48.4 Å². The monoisotopic (exact) mass is 454 g/mol. The largest absolute Gasteiger partial charge is 0.348 e. The molecule has 1 aromatic heterocycles. The number of amides is 1. The van der Waals surface area contributed by atoms with E-state index in [4.69, 9.17) is 0 Å². The van der Waals surface area contributed by atoms with Gasteiger partial charge >= 0.3 is 0 Å². The van der Waals surface area contributed by atoms with Crippen molar-refractivity contribution in [2.45, 2.75) is 45.8 Å². The number of hydrogen-bond acceptors (Lipinski definition) is 5. The lowest BCUT2D eigenvalue weighted by Gasteiger charge is -2.36. The molecule has 1 N–H and O–H groups in total. The fourth-order valence-electron chi connectivity index (χ4n) is 4.01. The van der Waals surface area contributed by atoms with Crippen molar-refractivity contribution in [3.8, 4) is 16.8 Å². The van der Waals surface area contributed by atoms with E-state index in [1.807, 2.05) is 38.7 Å². The van der Waals surface area contributed by atoms with Crippen LogP contribution in [0.15, 0.2) is 36.4 Å². The zero-order valence-corrected chi connectivity index (χ0v) is 19.2. The second-order valence-electron chi connectivity index (χ2n) is 9.05. The Labute approximate surface area is 191 Å². The Hall–Kier alpha value is -3.20. The van der Waals surface area contributed by atoms with Gasteiger partial charge in [0.25, 0.3) is 5.91 Å². The highest BCUT2D eigenvalue weighted by molar-refractivity contribution is 5.96. The highest BCUT2D eigenvalue weighted by atomic mass is 19.1. The maximum atomic E-state index is 14.8. The van der Waals surface area contributed by atoms with Gasteiger partial charge in [-0.1, -0.05) is 26.0 Å². The molecule has 0 spiro atoms. The van der Waals surface area contributed by atoms with Gasteiger partial charge in [-0.05, 0) is 59.7 Å². The summed E-state index contributed by atoms with van der Waals surface area (Å²) in [6.07, 6.45) is -0.789. The number of aromatic nitrogens is 4. The number of tetrazole rings is 1. The summed E-state index contributed by atoms with van der Waals surface area (Å²) in [5, 5.41) is 14.9. The average Bonchev–Trinajstić information content (AvgIpc) is 3.22. The number of hydrogen-bond donors (Lipinski definition) is 1. The molecule has 174 valence electrons. The summed E-state index contributed by atoms with van der Waals surface area (Å²) in [4.78, 5) is 15.1. The van der Waals surface area contributed by atoms with Crippen molar-refractivity contribution < 1.29 is 13.6 Å². The summed E-state index contributed by atoms with van der Waals surface area (Å²) in [6, 6.07) is 9.96. The third-order valence-electron chi connectivity index (χ3n) is 5.69. The molecule has 0 saturated carbocycles. The first-order chi connectivity index (χ1) is 15.7. The quantitative estimate of drug-likeness (QED) is 0.590. The molecule has 2 aromatic carbocycles. The third kappa shape index (κ3) is 5.08. The molecule has 1 fully saturated rings. The van der Waals surface area contributed by atoms with Gasteiger partial charge < -0.3 is 5.32 Å². The first-order valence-electron chi connectivity index (χ1n) is 11.1. The minimum Gasteiger partial charge on any atom is -0.348 e. The van der Waals surface area contributed by atoms with E-state index in [0.717, 1.165) is 5.56 Å². The molecule has 0 bridgehead atoms. The molecule has 7 nitrogen and oxygen atoms in total. The summed E-state index contributed by atoms with van der Waals surface area (Å²) in [7, 11) is 0. The molecule has 33 heavy (non-hydrogen) atoms. The number of likely N-dealkylation sites (tertiary alicyclic amines) is 1. The van der Waals surface area contributed by atoms with Crippen LogP contribution < -0.4 is 5.32 Å². The zero-order chi connectivity index (χ0) is 23.7. The molecule has 1 saturated heterocycles. The zero-order valence-electron chi connectivity index (χ0n) is 19.2. The second kappa shape index (κ2) is 9.35. The summed E-state index contributed by atoms with van der Waals surface area (Å²) in [5.74, 6) is 0.0172. The van der Waals surface area contributed by atoms with Gasteiger partial charge in [-0.3, -0.25) is 9.69 Å². The van der Waals surface area contributed by atoms with Crippen molar-refractivity contribution in [2.24, 2.45) is 0 Å². The minimum absolute atomic E-state index is 0.0490. The summed E-state index contributed by atoms with van der Waals surface area (Å²) < 4.78 is 29.5. The van der Waals surface area contributed by atoms with Gasteiger partial charge in [0.15, 0.2) is 5.82 Å². The first kappa shape index (κ1) is 23.0. The Morgan fingerprint density at radius 3 is 2.61 bits per heavy atom. The molecule has 0 radical (unpaired) electrons. The predicted molar refractivity (Wildman–Crippen MR) is 122 cm³/mol. The van der Waals surface area contributed by atoms with Crippen LogP contribution in [0.25, 0.3) is 16.8 Å². The maximum absolute atomic E-state index is 14.8. The molecular formula is C24H28F2N6O. The van der Waals surface area contributed by atoms with Crippen molar-refractivity contribution in [3.63, 3.8) is 0 Å². The Bertz CT molecular complexity index is 1160. The summed E-state index contributed by atoms with van der Waals surface area (Å²) in [6.45, 7) is 9.00. The van der Waals surface area contributed by atoms with E-state index in [1.165, 1.54) is 6.07 Å². The predicted octanol–water partition coefficient (Wildman–Crippen LogP) is 3.67. The van der Waals surface area contributed by atoms with E-state index in [9.17, 15) is 13.6 Å². The lowest BCUT2D eigenvalue weighted by atomic mass is 9.99. The minimum atomic E-state index is -0.789. The van der Waals surface area contributed by atoms with Crippen LogP contribution in [-0.4, -0.2) is 62.9 Å². The van der Waals surface area contributed by atoms with Crippen molar-refractivity contribution in [1.82, 2.24) is 30.4 Å². The summed E-state index contributed by atoms with van der Waals surface area (Å²) >= 11 is 0. The Morgan fingerprint density at radius 2 is 1.94 bits per heavy atom. The van der Waals surface area contributed by atoms with Gasteiger partial charge in [0.05, 0.1) is 5.69 Å². The molecule has 1 atom stereocenters. The maximum Gasteiger partial charge on any atom is 0.251 e. The number of rotatable bonds is 7. The van der Waals surface area contributed by atoms with Gasteiger partial charge in [-0.15, -0.1) is 5.10 Å². The molecule has 0 aliphatic carbocycles. The Balaban J connectivity index is 1.69.